The van der Waals surface area contributed by atoms with Gasteiger partial charge in [0.05, 0.1) is 0 Å². The molecule has 0 saturated carbocycles. The lowest BCUT2D eigenvalue weighted by atomic mass is 10.1. The minimum atomic E-state index is 1.07. The topological polar surface area (TPSA) is 9.23 Å². The first-order valence-electron chi connectivity index (χ1n) is 6.24. The molecule has 2 heteroatoms. The highest BCUT2D eigenvalue weighted by atomic mass is 32.1. The molecule has 2 rings (SSSR count). The van der Waals surface area contributed by atoms with E-state index in [-0.39, 0.29) is 0 Å². The molecule has 0 unspecified atom stereocenters. The van der Waals surface area contributed by atoms with Gasteiger partial charge in [0.25, 0.3) is 0 Å². The van der Waals surface area contributed by atoms with E-state index in [1.54, 1.807) is 14.2 Å². The number of thiophene rings is 1. The van der Waals surface area contributed by atoms with E-state index in [0.29, 0.717) is 0 Å². The molecule has 0 bridgehead atoms. The van der Waals surface area contributed by atoms with E-state index >= 15 is 0 Å². The van der Waals surface area contributed by atoms with Crippen molar-refractivity contribution in [1.82, 2.24) is 0 Å². The Bertz CT molecular complexity index is 392. The first-order chi connectivity index (χ1) is 8.76. The lowest BCUT2D eigenvalue weighted by Gasteiger charge is -1.96. The summed E-state index contributed by atoms with van der Waals surface area (Å²) in [5.74, 6) is 0. The Kier molecular flexibility index (Phi) is 10.3. The van der Waals surface area contributed by atoms with Gasteiger partial charge >= 0.3 is 0 Å². The second kappa shape index (κ2) is 11.0. The molecule has 1 nitrogen and oxygen atoms in total. The zero-order valence-electron chi connectivity index (χ0n) is 12.1. The van der Waals surface area contributed by atoms with Crippen LogP contribution in [-0.2, 0) is 11.2 Å². The van der Waals surface area contributed by atoms with Crippen molar-refractivity contribution >= 4 is 11.3 Å². The standard InChI is InChI=1S/C12H12S.C2H6O.C2H6/c1-10-7-12(13-9-10)8-11-5-3-2-4-6-11;1-3-2;1-2/h2-7,9H,8H2,1H3;1-2H3;1-2H3. The summed E-state index contributed by atoms with van der Waals surface area (Å²) in [6, 6.07) is 12.9. The van der Waals surface area contributed by atoms with Gasteiger partial charge in [-0.25, -0.2) is 0 Å². The minimum Gasteiger partial charge on any atom is -0.388 e. The summed E-state index contributed by atoms with van der Waals surface area (Å²) >= 11 is 1.84. The summed E-state index contributed by atoms with van der Waals surface area (Å²) in [6.45, 7) is 6.14. The third kappa shape index (κ3) is 7.25. The van der Waals surface area contributed by atoms with Crippen molar-refractivity contribution in [3.8, 4) is 0 Å². The highest BCUT2D eigenvalue weighted by Crippen LogP contribution is 2.17. The lowest BCUT2D eigenvalue weighted by molar-refractivity contribution is 0.277. The predicted octanol–water partition coefficient (Wildman–Crippen LogP) is 4.94. The number of hydrogen-bond acceptors (Lipinski definition) is 2. The highest BCUT2D eigenvalue weighted by molar-refractivity contribution is 7.10. The zero-order valence-corrected chi connectivity index (χ0v) is 12.9. The molecule has 0 radical (unpaired) electrons. The first-order valence-corrected chi connectivity index (χ1v) is 7.12. The SMILES string of the molecule is CC.COC.Cc1csc(Cc2ccccc2)c1. The van der Waals surface area contributed by atoms with Crippen LogP contribution >= 0.6 is 11.3 Å². The van der Waals surface area contributed by atoms with Gasteiger partial charge in [-0.15, -0.1) is 11.3 Å². The van der Waals surface area contributed by atoms with Gasteiger partial charge in [-0.3, -0.25) is 0 Å². The van der Waals surface area contributed by atoms with E-state index in [1.807, 2.05) is 25.2 Å². The molecule has 1 heterocycles. The molecule has 0 saturated heterocycles. The molecule has 0 atom stereocenters. The summed E-state index contributed by atoms with van der Waals surface area (Å²) in [5, 5.41) is 2.21. The van der Waals surface area contributed by atoms with Crippen LogP contribution in [0.2, 0.25) is 0 Å². The van der Waals surface area contributed by atoms with Gasteiger partial charge in [-0.05, 0) is 29.5 Å². The number of hydrogen-bond donors (Lipinski definition) is 0. The normalized spacial score (nSPS) is 8.72. The summed E-state index contributed by atoms with van der Waals surface area (Å²) < 4.78 is 4.25. The van der Waals surface area contributed by atoms with Crippen molar-refractivity contribution in [3.63, 3.8) is 0 Å². The van der Waals surface area contributed by atoms with Gasteiger partial charge in [-0.1, -0.05) is 44.2 Å². The maximum Gasteiger partial charge on any atom is 0.0351 e. The van der Waals surface area contributed by atoms with Gasteiger partial charge in [0.1, 0.15) is 0 Å². The van der Waals surface area contributed by atoms with Crippen molar-refractivity contribution in [2.24, 2.45) is 0 Å². The van der Waals surface area contributed by atoms with E-state index in [4.69, 9.17) is 0 Å². The maximum atomic E-state index is 4.25. The molecule has 1 aromatic carbocycles. The average molecular weight is 264 g/mol. The Balaban J connectivity index is 0.000000509. The summed E-state index contributed by atoms with van der Waals surface area (Å²) in [5.41, 5.74) is 2.76. The van der Waals surface area contributed by atoms with E-state index in [0.717, 1.165) is 6.42 Å². The van der Waals surface area contributed by atoms with Crippen LogP contribution in [0.5, 0.6) is 0 Å². The van der Waals surface area contributed by atoms with E-state index < -0.39 is 0 Å². The number of benzene rings is 1. The first kappa shape index (κ1) is 16.9. The Morgan fingerprint density at radius 3 is 2.06 bits per heavy atom. The van der Waals surface area contributed by atoms with Crippen LogP contribution in [0, 0.1) is 6.92 Å². The molecule has 0 aliphatic heterocycles. The Labute approximate surface area is 115 Å². The van der Waals surface area contributed by atoms with Crippen LogP contribution in [0.4, 0.5) is 0 Å². The van der Waals surface area contributed by atoms with Crippen LogP contribution in [0.25, 0.3) is 0 Å². The molecule has 0 aliphatic rings. The third-order valence-electron chi connectivity index (χ3n) is 2.01. The number of ether oxygens (including phenoxy) is 1. The molecule has 0 fully saturated rings. The predicted molar refractivity (Wildman–Crippen MR) is 82.6 cm³/mol. The van der Waals surface area contributed by atoms with Crippen molar-refractivity contribution in [2.75, 3.05) is 14.2 Å². The Hall–Kier alpha value is -1.12. The number of methoxy groups -OCH3 is 1. The molecule has 18 heavy (non-hydrogen) atoms. The van der Waals surface area contributed by atoms with E-state index in [2.05, 4.69) is 53.4 Å². The van der Waals surface area contributed by atoms with Crippen molar-refractivity contribution in [3.05, 3.63) is 57.8 Å². The number of aryl methyl sites for hydroxylation is 1. The largest absolute Gasteiger partial charge is 0.388 e. The summed E-state index contributed by atoms with van der Waals surface area (Å²) in [6.07, 6.45) is 1.07. The smallest absolute Gasteiger partial charge is 0.0351 e. The summed E-state index contributed by atoms with van der Waals surface area (Å²) in [4.78, 5) is 1.45. The van der Waals surface area contributed by atoms with E-state index in [1.165, 1.54) is 16.0 Å². The van der Waals surface area contributed by atoms with Crippen LogP contribution in [0.1, 0.15) is 29.9 Å². The van der Waals surface area contributed by atoms with Gasteiger partial charge < -0.3 is 4.74 Å². The van der Waals surface area contributed by atoms with Gasteiger partial charge in [-0.2, -0.15) is 0 Å². The number of rotatable bonds is 2. The summed E-state index contributed by atoms with van der Waals surface area (Å²) in [7, 11) is 3.25. The molecule has 0 N–H and O–H groups in total. The van der Waals surface area contributed by atoms with Crippen molar-refractivity contribution in [1.29, 1.82) is 0 Å². The van der Waals surface area contributed by atoms with Crippen molar-refractivity contribution < 1.29 is 4.74 Å². The maximum absolute atomic E-state index is 4.25. The van der Waals surface area contributed by atoms with Crippen molar-refractivity contribution in [2.45, 2.75) is 27.2 Å². The molecular formula is C16H24OS. The lowest BCUT2D eigenvalue weighted by Crippen LogP contribution is -1.82. The molecule has 0 spiro atoms. The molecule has 0 aliphatic carbocycles. The minimum absolute atomic E-state index is 1.07. The molecule has 100 valence electrons. The zero-order chi connectivity index (χ0) is 13.8. The van der Waals surface area contributed by atoms with Gasteiger partial charge in [0.2, 0.25) is 0 Å². The highest BCUT2D eigenvalue weighted by Gasteiger charge is 1.97. The molecule has 1 aromatic heterocycles. The molecule has 0 amide bonds. The van der Waals surface area contributed by atoms with Crippen LogP contribution < -0.4 is 0 Å². The van der Waals surface area contributed by atoms with Crippen LogP contribution in [-0.4, -0.2) is 14.2 Å². The fraction of sp³-hybridized carbons (Fsp3) is 0.375. The molecular weight excluding hydrogens is 240 g/mol. The fourth-order valence-electron chi connectivity index (χ4n) is 1.38. The van der Waals surface area contributed by atoms with E-state index in [9.17, 15) is 0 Å². The third-order valence-corrected chi connectivity index (χ3v) is 3.06. The van der Waals surface area contributed by atoms with Crippen LogP contribution in [0.3, 0.4) is 0 Å². The van der Waals surface area contributed by atoms with Gasteiger partial charge in [0.15, 0.2) is 0 Å². The quantitative estimate of drug-likeness (QED) is 0.747. The Morgan fingerprint density at radius 2 is 1.61 bits per heavy atom. The second-order valence-corrected chi connectivity index (χ2v) is 4.66. The molecule has 2 aromatic rings. The fourth-order valence-corrected chi connectivity index (χ4v) is 2.29. The monoisotopic (exact) mass is 264 g/mol. The Morgan fingerprint density at radius 1 is 1.06 bits per heavy atom. The van der Waals surface area contributed by atoms with Gasteiger partial charge in [0, 0.05) is 25.5 Å². The second-order valence-electron chi connectivity index (χ2n) is 3.66. The average Bonchev–Trinajstić information content (AvgIpc) is 2.80. The van der Waals surface area contributed by atoms with Crippen LogP contribution in [0.15, 0.2) is 41.8 Å².